The number of likely N-dealkylation sites (tertiary alicyclic amines) is 2. The van der Waals surface area contributed by atoms with Gasteiger partial charge in [-0.05, 0) is 52.1 Å². The normalized spacial score (nSPS) is 17.4. The van der Waals surface area contributed by atoms with Gasteiger partial charge in [0, 0.05) is 45.2 Å². The number of rotatable bonds is 9. The minimum Gasteiger partial charge on any atom is -0.492 e. The first kappa shape index (κ1) is 29.4. The van der Waals surface area contributed by atoms with Crippen molar-refractivity contribution in [3.8, 4) is 11.5 Å². The van der Waals surface area contributed by atoms with Crippen molar-refractivity contribution in [1.82, 2.24) is 9.80 Å². The molecule has 2 aromatic carbocycles. The molecule has 2 saturated heterocycles. The highest BCUT2D eigenvalue weighted by Gasteiger charge is 2.26. The van der Waals surface area contributed by atoms with Crippen LogP contribution in [0.1, 0.15) is 59.6 Å². The molecule has 4 nitrogen and oxygen atoms in total. The van der Waals surface area contributed by atoms with Gasteiger partial charge in [0.25, 0.3) is 0 Å². The van der Waals surface area contributed by atoms with Crippen LogP contribution in [0.2, 0.25) is 0 Å². The maximum Gasteiger partial charge on any atom is 0.119 e. The third-order valence-corrected chi connectivity index (χ3v) is 7.18. The average Bonchev–Trinajstić information content (AvgIpc) is 2.79. The second-order valence-electron chi connectivity index (χ2n) is 12.9. The molecule has 0 radical (unpaired) electrons. The molecule has 2 fully saturated rings. The average molecular weight is 513 g/mol. The van der Waals surface area contributed by atoms with Crippen molar-refractivity contribution in [3.63, 3.8) is 0 Å². The molecule has 5 heteroatoms. The van der Waals surface area contributed by atoms with E-state index >= 15 is 0 Å². The predicted molar refractivity (Wildman–Crippen MR) is 153 cm³/mol. The van der Waals surface area contributed by atoms with E-state index in [1.54, 1.807) is 0 Å². The second-order valence-corrected chi connectivity index (χ2v) is 12.9. The monoisotopic (exact) mass is 512 g/mol. The first-order valence-corrected chi connectivity index (χ1v) is 13.9. The number of alkyl halides is 1. The van der Waals surface area contributed by atoms with E-state index in [2.05, 4.69) is 94.7 Å². The standard InChI is InChI=1S/C16H24FNO.C16H25NO/c1-16(2,3)14-4-6-15(7-5-14)19-9-8-18-11-13(10-17)12-18;1-13-11-17(12-13)9-10-18-15-7-5-14(6-8-15)16(2,3)4/h4-7,13H,8-12H2,1-3H3;5-8,13H,9-12H2,1-4H3. The topological polar surface area (TPSA) is 24.9 Å². The summed E-state index contributed by atoms with van der Waals surface area (Å²) >= 11 is 0. The lowest BCUT2D eigenvalue weighted by Crippen LogP contribution is -2.49. The minimum atomic E-state index is -0.189. The Balaban J connectivity index is 0.000000206. The Morgan fingerprint density at radius 1 is 0.676 bits per heavy atom. The van der Waals surface area contributed by atoms with E-state index in [4.69, 9.17) is 9.47 Å². The van der Waals surface area contributed by atoms with Crippen molar-refractivity contribution in [3.05, 3.63) is 59.7 Å². The van der Waals surface area contributed by atoms with Crippen LogP contribution in [0.3, 0.4) is 0 Å². The summed E-state index contributed by atoms with van der Waals surface area (Å²) in [6.07, 6.45) is 0. The van der Waals surface area contributed by atoms with Gasteiger partial charge in [-0.25, -0.2) is 0 Å². The number of nitrogens with zero attached hydrogens (tertiary/aromatic N) is 2. The largest absolute Gasteiger partial charge is 0.492 e. The van der Waals surface area contributed by atoms with Crippen molar-refractivity contribution < 1.29 is 13.9 Å². The zero-order valence-corrected chi connectivity index (χ0v) is 24.2. The number of benzene rings is 2. The van der Waals surface area contributed by atoms with Crippen LogP contribution in [-0.4, -0.2) is 69.0 Å². The lowest BCUT2D eigenvalue weighted by atomic mass is 9.87. The van der Waals surface area contributed by atoms with Gasteiger partial charge in [-0.3, -0.25) is 14.2 Å². The summed E-state index contributed by atoms with van der Waals surface area (Å²) < 4.78 is 23.8. The van der Waals surface area contributed by atoms with Gasteiger partial charge < -0.3 is 9.47 Å². The van der Waals surface area contributed by atoms with Crippen LogP contribution in [0.4, 0.5) is 4.39 Å². The fourth-order valence-electron chi connectivity index (χ4n) is 4.66. The fourth-order valence-corrected chi connectivity index (χ4v) is 4.66. The molecule has 0 unspecified atom stereocenters. The van der Waals surface area contributed by atoms with Crippen molar-refractivity contribution >= 4 is 0 Å². The van der Waals surface area contributed by atoms with Crippen molar-refractivity contribution in [2.24, 2.45) is 11.8 Å². The highest BCUT2D eigenvalue weighted by Crippen LogP contribution is 2.25. The highest BCUT2D eigenvalue weighted by molar-refractivity contribution is 5.32. The number of hydrogen-bond acceptors (Lipinski definition) is 4. The summed E-state index contributed by atoms with van der Waals surface area (Å²) in [5.74, 6) is 3.02. The summed E-state index contributed by atoms with van der Waals surface area (Å²) in [5, 5.41) is 0. The summed E-state index contributed by atoms with van der Waals surface area (Å²) in [7, 11) is 0. The predicted octanol–water partition coefficient (Wildman–Crippen LogP) is 6.58. The Hall–Kier alpha value is -2.11. The fraction of sp³-hybridized carbons (Fsp3) is 0.625. The lowest BCUT2D eigenvalue weighted by molar-refractivity contribution is 0.0668. The van der Waals surface area contributed by atoms with Gasteiger partial charge in [0.2, 0.25) is 0 Å². The van der Waals surface area contributed by atoms with Crippen LogP contribution in [-0.2, 0) is 10.8 Å². The molecule has 37 heavy (non-hydrogen) atoms. The smallest absolute Gasteiger partial charge is 0.119 e. The Morgan fingerprint density at radius 2 is 1.05 bits per heavy atom. The van der Waals surface area contributed by atoms with Crippen molar-refractivity contribution in [1.29, 1.82) is 0 Å². The molecule has 0 N–H and O–H groups in total. The van der Waals surface area contributed by atoms with Gasteiger partial charge >= 0.3 is 0 Å². The van der Waals surface area contributed by atoms with Crippen LogP contribution < -0.4 is 9.47 Å². The van der Waals surface area contributed by atoms with Gasteiger partial charge in [0.15, 0.2) is 0 Å². The number of hydrogen-bond donors (Lipinski definition) is 0. The van der Waals surface area contributed by atoms with E-state index in [0.29, 0.717) is 6.61 Å². The first-order valence-electron chi connectivity index (χ1n) is 13.9. The molecule has 0 saturated carbocycles. The van der Waals surface area contributed by atoms with Crippen LogP contribution in [0, 0.1) is 11.8 Å². The zero-order chi connectivity index (χ0) is 27.1. The molecule has 2 aromatic rings. The Labute approximate surface area is 225 Å². The summed E-state index contributed by atoms with van der Waals surface area (Å²) in [5.41, 5.74) is 3.06. The van der Waals surface area contributed by atoms with Crippen molar-refractivity contribution in [2.45, 2.75) is 59.3 Å². The van der Waals surface area contributed by atoms with E-state index in [0.717, 1.165) is 50.2 Å². The number of halogens is 1. The molecule has 0 aliphatic carbocycles. The molecule has 0 atom stereocenters. The maximum absolute atomic E-state index is 12.3. The minimum absolute atomic E-state index is 0.178. The third-order valence-electron chi connectivity index (χ3n) is 7.18. The van der Waals surface area contributed by atoms with Gasteiger partial charge in [-0.15, -0.1) is 0 Å². The van der Waals surface area contributed by atoms with Gasteiger partial charge in [0.1, 0.15) is 24.7 Å². The molecule has 0 bridgehead atoms. The van der Waals surface area contributed by atoms with Crippen LogP contribution in [0.25, 0.3) is 0 Å². The van der Waals surface area contributed by atoms with E-state index in [9.17, 15) is 4.39 Å². The Bertz CT molecular complexity index is 919. The number of ether oxygens (including phenoxy) is 2. The van der Waals surface area contributed by atoms with Crippen LogP contribution in [0.5, 0.6) is 11.5 Å². The molecule has 2 aliphatic heterocycles. The Kier molecular flexibility index (Phi) is 10.4. The van der Waals surface area contributed by atoms with E-state index < -0.39 is 0 Å². The molecule has 0 spiro atoms. The van der Waals surface area contributed by atoms with Crippen LogP contribution in [0.15, 0.2) is 48.5 Å². The van der Waals surface area contributed by atoms with E-state index in [-0.39, 0.29) is 23.4 Å². The lowest BCUT2D eigenvalue weighted by Gasteiger charge is -2.37. The third kappa shape index (κ3) is 9.61. The highest BCUT2D eigenvalue weighted by atomic mass is 19.1. The van der Waals surface area contributed by atoms with E-state index in [1.165, 1.54) is 24.2 Å². The van der Waals surface area contributed by atoms with Gasteiger partial charge in [-0.1, -0.05) is 72.7 Å². The van der Waals surface area contributed by atoms with Gasteiger partial charge in [-0.2, -0.15) is 0 Å². The molecule has 4 rings (SSSR count). The summed E-state index contributed by atoms with van der Waals surface area (Å²) in [6, 6.07) is 16.8. The second kappa shape index (κ2) is 13.1. The molecule has 206 valence electrons. The summed E-state index contributed by atoms with van der Waals surface area (Å²) in [6.45, 7) is 23.0. The maximum atomic E-state index is 12.3. The Morgan fingerprint density at radius 3 is 1.38 bits per heavy atom. The van der Waals surface area contributed by atoms with Gasteiger partial charge in [0.05, 0.1) is 6.67 Å². The molecular formula is C32H49FN2O2. The SMILES string of the molecule is CC(C)(C)c1ccc(OCCN2CC(CF)C2)cc1.CC1CN(CCOc2ccc(C(C)(C)C)cc2)C1. The molecule has 2 aliphatic rings. The van der Waals surface area contributed by atoms with E-state index in [1.807, 2.05) is 12.1 Å². The van der Waals surface area contributed by atoms with Crippen molar-refractivity contribution in [2.75, 3.05) is 59.2 Å². The molecule has 2 heterocycles. The molecule has 0 amide bonds. The first-order chi connectivity index (χ1) is 17.4. The molecular weight excluding hydrogens is 463 g/mol. The quantitative estimate of drug-likeness (QED) is 0.379. The molecule has 0 aromatic heterocycles. The summed E-state index contributed by atoms with van der Waals surface area (Å²) in [4.78, 5) is 4.67. The zero-order valence-electron chi connectivity index (χ0n) is 24.2. The van der Waals surface area contributed by atoms with Crippen LogP contribution >= 0.6 is 0 Å².